The molecule has 0 bridgehead atoms. The summed E-state index contributed by atoms with van der Waals surface area (Å²) in [5.74, 6) is 0. The van der Waals surface area contributed by atoms with Crippen LogP contribution in [-0.2, 0) is 6.54 Å². The van der Waals surface area contributed by atoms with Crippen LogP contribution in [0, 0.1) is 0 Å². The van der Waals surface area contributed by atoms with Crippen molar-refractivity contribution in [2.45, 2.75) is 51.6 Å². The molecule has 0 radical (unpaired) electrons. The summed E-state index contributed by atoms with van der Waals surface area (Å²) in [7, 11) is 0. The molecule has 0 aliphatic heterocycles. The van der Waals surface area contributed by atoms with Gasteiger partial charge in [0.1, 0.15) is 5.65 Å². The molecule has 5 heteroatoms. The van der Waals surface area contributed by atoms with Gasteiger partial charge in [0.15, 0.2) is 0 Å². The van der Waals surface area contributed by atoms with Gasteiger partial charge in [0.05, 0.1) is 18.4 Å². The highest BCUT2D eigenvalue weighted by Gasteiger charge is 2.20. The van der Waals surface area contributed by atoms with Gasteiger partial charge in [-0.3, -0.25) is 0 Å². The number of imidazole rings is 1. The minimum absolute atomic E-state index is 0.0419. The lowest BCUT2D eigenvalue weighted by Crippen LogP contribution is -2.45. The molecule has 3 rings (SSSR count). The van der Waals surface area contributed by atoms with Crippen molar-refractivity contribution in [3.8, 4) is 0 Å². The number of hydrogen-bond acceptors (Lipinski definition) is 2. The van der Waals surface area contributed by atoms with Crippen LogP contribution in [0.5, 0.6) is 0 Å². The molecule has 2 amide bonds. The van der Waals surface area contributed by atoms with E-state index >= 15 is 0 Å². The number of carbonyl (C=O) groups excluding carboxylic acids is 1. The van der Waals surface area contributed by atoms with Crippen LogP contribution < -0.4 is 5.32 Å². The first kappa shape index (κ1) is 14.9. The molecule has 2 aromatic rings. The Morgan fingerprint density at radius 3 is 2.95 bits per heavy atom. The summed E-state index contributed by atoms with van der Waals surface area (Å²) in [6, 6.07) is 6.32. The van der Waals surface area contributed by atoms with Gasteiger partial charge in [-0.1, -0.05) is 25.3 Å². The third-order valence-electron chi connectivity index (χ3n) is 4.45. The van der Waals surface area contributed by atoms with Gasteiger partial charge in [0.25, 0.3) is 0 Å². The van der Waals surface area contributed by atoms with Crippen LogP contribution in [0.4, 0.5) is 4.79 Å². The Morgan fingerprint density at radius 2 is 2.18 bits per heavy atom. The fourth-order valence-corrected chi connectivity index (χ4v) is 3.14. The van der Waals surface area contributed by atoms with Crippen molar-refractivity contribution < 1.29 is 4.79 Å². The van der Waals surface area contributed by atoms with Crippen LogP contribution in [0.15, 0.2) is 30.6 Å². The first-order valence-electron chi connectivity index (χ1n) is 8.24. The summed E-state index contributed by atoms with van der Waals surface area (Å²) in [6.07, 6.45) is 9.81. The van der Waals surface area contributed by atoms with Crippen LogP contribution in [-0.4, -0.2) is 32.9 Å². The minimum Gasteiger partial charge on any atom is -0.335 e. The Labute approximate surface area is 131 Å². The van der Waals surface area contributed by atoms with Crippen molar-refractivity contribution in [1.29, 1.82) is 0 Å². The summed E-state index contributed by atoms with van der Waals surface area (Å²) in [6.45, 7) is 3.29. The molecular formula is C17H24N4O. The molecule has 22 heavy (non-hydrogen) atoms. The number of carbonyl (C=O) groups is 1. The average Bonchev–Trinajstić information content (AvgIpc) is 2.96. The van der Waals surface area contributed by atoms with E-state index < -0.39 is 0 Å². The molecule has 0 saturated heterocycles. The first-order chi connectivity index (χ1) is 10.8. The smallest absolute Gasteiger partial charge is 0.317 e. The topological polar surface area (TPSA) is 49.6 Å². The Balaban J connectivity index is 1.67. The van der Waals surface area contributed by atoms with E-state index in [1.165, 1.54) is 19.3 Å². The number of nitrogens with one attached hydrogen (secondary N) is 1. The number of hydrogen-bond donors (Lipinski definition) is 1. The highest BCUT2D eigenvalue weighted by Crippen LogP contribution is 2.18. The molecule has 5 nitrogen and oxygen atoms in total. The van der Waals surface area contributed by atoms with Gasteiger partial charge in [-0.25, -0.2) is 9.78 Å². The van der Waals surface area contributed by atoms with E-state index in [1.54, 1.807) is 0 Å². The molecule has 1 aliphatic rings. The highest BCUT2D eigenvalue weighted by molar-refractivity contribution is 5.74. The predicted octanol–water partition coefficient (Wildman–Crippen LogP) is 3.20. The van der Waals surface area contributed by atoms with Gasteiger partial charge >= 0.3 is 6.03 Å². The monoisotopic (exact) mass is 300 g/mol. The average molecular weight is 300 g/mol. The van der Waals surface area contributed by atoms with E-state index in [1.807, 2.05) is 46.8 Å². The molecule has 1 N–H and O–H groups in total. The van der Waals surface area contributed by atoms with E-state index in [9.17, 15) is 4.79 Å². The lowest BCUT2D eigenvalue weighted by molar-refractivity contribution is 0.189. The van der Waals surface area contributed by atoms with Crippen LogP contribution >= 0.6 is 0 Å². The van der Waals surface area contributed by atoms with Gasteiger partial charge in [0, 0.05) is 18.8 Å². The van der Waals surface area contributed by atoms with Crippen molar-refractivity contribution in [3.05, 3.63) is 36.3 Å². The molecule has 118 valence electrons. The molecule has 0 aromatic carbocycles. The van der Waals surface area contributed by atoms with E-state index in [0.29, 0.717) is 19.1 Å². The molecule has 2 aromatic heterocycles. The molecule has 0 unspecified atom stereocenters. The van der Waals surface area contributed by atoms with Crippen LogP contribution in [0.25, 0.3) is 5.65 Å². The predicted molar refractivity (Wildman–Crippen MR) is 86.7 cm³/mol. The number of rotatable bonds is 4. The summed E-state index contributed by atoms with van der Waals surface area (Å²) in [4.78, 5) is 18.7. The zero-order chi connectivity index (χ0) is 15.4. The summed E-state index contributed by atoms with van der Waals surface area (Å²) in [5, 5.41) is 3.19. The van der Waals surface area contributed by atoms with E-state index in [0.717, 1.165) is 24.2 Å². The quantitative estimate of drug-likeness (QED) is 0.942. The van der Waals surface area contributed by atoms with Crippen molar-refractivity contribution >= 4 is 11.7 Å². The summed E-state index contributed by atoms with van der Waals surface area (Å²) in [5.41, 5.74) is 1.96. The molecule has 1 fully saturated rings. The standard InChI is InChI=1S/C17H24N4O/c1-2-20(17(22)19-14-8-4-3-5-9-14)13-15-12-18-16-10-6-7-11-21(15)16/h6-7,10-12,14H,2-5,8-9,13H2,1H3,(H,19,22). The number of pyridine rings is 1. The SMILES string of the molecule is CCN(Cc1cnc2ccccn12)C(=O)NC1CCCCC1. The second kappa shape index (κ2) is 6.81. The highest BCUT2D eigenvalue weighted by atomic mass is 16.2. The Morgan fingerprint density at radius 1 is 1.36 bits per heavy atom. The number of aromatic nitrogens is 2. The van der Waals surface area contributed by atoms with Crippen molar-refractivity contribution in [2.75, 3.05) is 6.54 Å². The maximum Gasteiger partial charge on any atom is 0.317 e. The van der Waals surface area contributed by atoms with Crippen LogP contribution in [0.3, 0.4) is 0 Å². The number of amides is 2. The largest absolute Gasteiger partial charge is 0.335 e. The number of nitrogens with zero attached hydrogens (tertiary/aromatic N) is 3. The first-order valence-corrected chi connectivity index (χ1v) is 8.24. The fraction of sp³-hybridized carbons (Fsp3) is 0.529. The maximum atomic E-state index is 12.5. The molecule has 1 aliphatic carbocycles. The van der Waals surface area contributed by atoms with E-state index in [2.05, 4.69) is 10.3 Å². The molecule has 0 spiro atoms. The third-order valence-corrected chi connectivity index (χ3v) is 4.45. The fourth-order valence-electron chi connectivity index (χ4n) is 3.14. The molecule has 1 saturated carbocycles. The van der Waals surface area contributed by atoms with Gasteiger partial charge in [-0.05, 0) is 31.9 Å². The van der Waals surface area contributed by atoms with Crippen molar-refractivity contribution in [1.82, 2.24) is 19.6 Å². The van der Waals surface area contributed by atoms with Crippen LogP contribution in [0.1, 0.15) is 44.7 Å². The van der Waals surface area contributed by atoms with Gasteiger partial charge < -0.3 is 14.6 Å². The Kier molecular flexibility index (Phi) is 4.61. The zero-order valence-corrected chi connectivity index (χ0v) is 13.2. The van der Waals surface area contributed by atoms with Gasteiger partial charge in [-0.15, -0.1) is 0 Å². The molecule has 0 atom stereocenters. The third kappa shape index (κ3) is 3.24. The minimum atomic E-state index is 0.0419. The lowest BCUT2D eigenvalue weighted by Gasteiger charge is -2.27. The molecule has 2 heterocycles. The Hall–Kier alpha value is -2.04. The maximum absolute atomic E-state index is 12.5. The van der Waals surface area contributed by atoms with Crippen molar-refractivity contribution in [3.63, 3.8) is 0 Å². The molecular weight excluding hydrogens is 276 g/mol. The van der Waals surface area contributed by atoms with Crippen molar-refractivity contribution in [2.24, 2.45) is 0 Å². The number of urea groups is 1. The normalized spacial score (nSPS) is 15.9. The number of fused-ring (bicyclic) bond motifs is 1. The summed E-state index contributed by atoms with van der Waals surface area (Å²) < 4.78 is 2.04. The lowest BCUT2D eigenvalue weighted by atomic mass is 9.96. The van der Waals surface area contributed by atoms with Gasteiger partial charge in [-0.2, -0.15) is 0 Å². The second-order valence-electron chi connectivity index (χ2n) is 5.98. The van der Waals surface area contributed by atoms with Crippen LogP contribution in [0.2, 0.25) is 0 Å². The van der Waals surface area contributed by atoms with E-state index in [4.69, 9.17) is 0 Å². The second-order valence-corrected chi connectivity index (χ2v) is 5.98. The zero-order valence-electron chi connectivity index (χ0n) is 13.2. The Bertz CT molecular complexity index is 630. The van der Waals surface area contributed by atoms with Gasteiger partial charge in [0.2, 0.25) is 0 Å². The van der Waals surface area contributed by atoms with E-state index in [-0.39, 0.29) is 6.03 Å². The summed E-state index contributed by atoms with van der Waals surface area (Å²) >= 11 is 0.